The third kappa shape index (κ3) is 14.3. The molecule has 47 heavy (non-hydrogen) atoms. The van der Waals surface area contributed by atoms with Crippen LogP contribution in [0.25, 0.3) is 0 Å². The quantitative estimate of drug-likeness (QED) is 0.100. The molecule has 1 heterocycles. The zero-order valence-electron chi connectivity index (χ0n) is 26.7. The number of hydrogen-bond donors (Lipinski definition) is 5. The third-order valence-electron chi connectivity index (χ3n) is 7.26. The van der Waals surface area contributed by atoms with E-state index < -0.39 is 47.8 Å². The first-order valence-corrected chi connectivity index (χ1v) is 15.5. The van der Waals surface area contributed by atoms with Crippen molar-refractivity contribution >= 4 is 53.2 Å². The maximum absolute atomic E-state index is 13.4. The summed E-state index contributed by atoms with van der Waals surface area (Å²) in [7, 11) is 0. The predicted octanol–water partition coefficient (Wildman–Crippen LogP) is 1.94. The van der Waals surface area contributed by atoms with Crippen LogP contribution in [0.2, 0.25) is 0 Å². The number of unbranched alkanes of at least 4 members (excludes halogenated alkanes) is 2. The summed E-state index contributed by atoms with van der Waals surface area (Å²) in [5.74, 6) is -3.98. The molecule has 258 valence electrons. The Morgan fingerprint density at radius 3 is 2.13 bits per heavy atom. The Bertz CT molecular complexity index is 1280. The van der Waals surface area contributed by atoms with E-state index in [1.807, 2.05) is 0 Å². The molecule has 0 aromatic heterocycles. The predicted molar refractivity (Wildman–Crippen MR) is 166 cm³/mol. The summed E-state index contributed by atoms with van der Waals surface area (Å²) in [5.41, 5.74) is 11.2. The topological polar surface area (TPSA) is 246 Å². The number of hydroxylamine groups is 2. The number of Topliss-reactive ketones (excluding diaryl/α,β-unsaturated/α-hetero) is 1. The number of carbonyl (C=O) groups excluding carboxylic acids is 8. The smallest absolute Gasteiger partial charge is 0.404 e. The molecular weight excluding hydrogens is 616 g/mol. The van der Waals surface area contributed by atoms with Gasteiger partial charge in [0.15, 0.2) is 5.78 Å². The molecule has 0 radical (unpaired) electrons. The second-order valence-electron chi connectivity index (χ2n) is 11.5. The molecule has 0 aliphatic carbocycles. The molecule has 1 aliphatic heterocycles. The molecule has 0 spiro atoms. The summed E-state index contributed by atoms with van der Waals surface area (Å²) in [5, 5.41) is 8.49. The van der Waals surface area contributed by atoms with Crippen molar-refractivity contribution in [2.24, 2.45) is 23.3 Å². The number of ether oxygens (including phenoxy) is 1. The van der Waals surface area contributed by atoms with E-state index in [0.29, 0.717) is 42.0 Å². The van der Waals surface area contributed by atoms with E-state index in [4.69, 9.17) is 21.0 Å². The lowest BCUT2D eigenvalue weighted by Crippen LogP contribution is -2.45. The number of hydrogen-bond acceptors (Lipinski definition) is 10. The summed E-state index contributed by atoms with van der Waals surface area (Å²) in [6.07, 6.45) is 0.918. The fourth-order valence-corrected chi connectivity index (χ4v) is 4.74. The molecule has 0 saturated carbocycles. The van der Waals surface area contributed by atoms with Gasteiger partial charge in [-0.3, -0.25) is 24.0 Å². The number of nitrogens with one attached hydrogen (secondary N) is 3. The number of nitrogens with two attached hydrogens (primary N) is 2. The normalized spacial score (nSPS) is 13.9. The second kappa shape index (κ2) is 19.5. The van der Waals surface area contributed by atoms with Crippen molar-refractivity contribution in [3.63, 3.8) is 0 Å². The molecule has 7 N–H and O–H groups in total. The Hall–Kier alpha value is -5.02. The summed E-state index contributed by atoms with van der Waals surface area (Å²) in [4.78, 5) is 101. The van der Waals surface area contributed by atoms with Gasteiger partial charge in [0.25, 0.3) is 11.8 Å². The first-order valence-electron chi connectivity index (χ1n) is 15.5. The molecular formula is C31H44N6O10. The molecule has 1 aliphatic rings. The van der Waals surface area contributed by atoms with Crippen LogP contribution < -0.4 is 27.4 Å². The van der Waals surface area contributed by atoms with Gasteiger partial charge < -0.3 is 37.0 Å². The number of anilines is 1. The minimum absolute atomic E-state index is 0.00999. The molecule has 7 amide bonds. The van der Waals surface area contributed by atoms with Crippen molar-refractivity contribution in [2.75, 3.05) is 11.9 Å². The maximum atomic E-state index is 13.4. The number of urea groups is 1. The van der Waals surface area contributed by atoms with Gasteiger partial charge in [0.1, 0.15) is 6.61 Å². The Morgan fingerprint density at radius 1 is 0.894 bits per heavy atom. The van der Waals surface area contributed by atoms with Crippen molar-refractivity contribution in [3.05, 3.63) is 29.8 Å². The van der Waals surface area contributed by atoms with Gasteiger partial charge in [-0.15, -0.1) is 5.06 Å². The molecule has 2 rings (SSSR count). The van der Waals surface area contributed by atoms with Crippen molar-refractivity contribution in [2.45, 2.75) is 90.7 Å². The number of rotatable bonds is 20. The van der Waals surface area contributed by atoms with Crippen LogP contribution in [-0.4, -0.2) is 65.2 Å². The molecule has 16 nitrogen and oxygen atoms in total. The minimum atomic E-state index is -0.913. The molecule has 1 saturated heterocycles. The van der Waals surface area contributed by atoms with Gasteiger partial charge in [-0.25, -0.2) is 14.4 Å². The highest BCUT2D eigenvalue weighted by Crippen LogP contribution is 2.20. The molecule has 0 bridgehead atoms. The summed E-state index contributed by atoms with van der Waals surface area (Å²) < 4.78 is 4.75. The van der Waals surface area contributed by atoms with Gasteiger partial charge in [0.05, 0.1) is 6.04 Å². The van der Waals surface area contributed by atoms with Crippen LogP contribution in [0.15, 0.2) is 24.3 Å². The first kappa shape index (κ1) is 38.2. The zero-order chi connectivity index (χ0) is 34.9. The first-order chi connectivity index (χ1) is 22.3. The zero-order valence-corrected chi connectivity index (χ0v) is 26.7. The van der Waals surface area contributed by atoms with E-state index in [2.05, 4.69) is 16.0 Å². The van der Waals surface area contributed by atoms with Gasteiger partial charge in [0.2, 0.25) is 11.8 Å². The van der Waals surface area contributed by atoms with Crippen molar-refractivity contribution in [3.8, 4) is 0 Å². The molecule has 1 fully saturated rings. The lowest BCUT2D eigenvalue weighted by molar-refractivity contribution is -0.197. The van der Waals surface area contributed by atoms with Crippen molar-refractivity contribution in [1.82, 2.24) is 15.7 Å². The van der Waals surface area contributed by atoms with E-state index in [1.54, 1.807) is 38.1 Å². The van der Waals surface area contributed by atoms with Gasteiger partial charge in [-0.05, 0) is 49.3 Å². The second-order valence-corrected chi connectivity index (χ2v) is 11.5. The largest absolute Gasteiger partial charge is 0.445 e. The molecule has 1 aromatic rings. The van der Waals surface area contributed by atoms with Crippen LogP contribution >= 0.6 is 0 Å². The van der Waals surface area contributed by atoms with Crippen LogP contribution in [0.3, 0.4) is 0 Å². The van der Waals surface area contributed by atoms with Crippen LogP contribution in [0.1, 0.15) is 83.6 Å². The average Bonchev–Trinajstić information content (AvgIpc) is 3.32. The molecule has 16 heteroatoms. The fraction of sp³-hybridized carbons (Fsp3) is 0.548. The lowest BCUT2D eigenvalue weighted by Gasteiger charge is -2.24. The number of amides is 7. The van der Waals surface area contributed by atoms with E-state index >= 15 is 0 Å². The third-order valence-corrected chi connectivity index (χ3v) is 7.26. The van der Waals surface area contributed by atoms with E-state index in [0.717, 1.165) is 0 Å². The summed E-state index contributed by atoms with van der Waals surface area (Å²) in [6, 6.07) is 4.95. The number of imide groups is 1. The van der Waals surface area contributed by atoms with Crippen LogP contribution in [-0.2, 0) is 44.9 Å². The Balaban J connectivity index is 1.89. The summed E-state index contributed by atoms with van der Waals surface area (Å²) in [6.45, 7) is 3.73. The average molecular weight is 661 g/mol. The number of ketones is 1. The Morgan fingerprint density at radius 2 is 1.53 bits per heavy atom. The van der Waals surface area contributed by atoms with E-state index in [-0.39, 0.29) is 69.3 Å². The SMILES string of the molecule is CC(C)[C@H](NC(=O)CCCCCC(=O)ON1C(=O)CCC1=O)C(=O)C[C@@H](CCCNC(N)=O)C(=O)Nc1ccc(COC(N)=O)cc1. The van der Waals surface area contributed by atoms with Crippen LogP contribution in [0.4, 0.5) is 15.3 Å². The minimum Gasteiger partial charge on any atom is -0.445 e. The maximum Gasteiger partial charge on any atom is 0.404 e. The van der Waals surface area contributed by atoms with Gasteiger partial charge in [0, 0.05) is 50.3 Å². The number of benzene rings is 1. The monoisotopic (exact) mass is 660 g/mol. The van der Waals surface area contributed by atoms with Gasteiger partial charge in [-0.2, -0.15) is 0 Å². The van der Waals surface area contributed by atoms with E-state index in [1.165, 1.54) is 0 Å². The fourth-order valence-electron chi connectivity index (χ4n) is 4.74. The van der Waals surface area contributed by atoms with E-state index in [9.17, 15) is 38.4 Å². The molecule has 1 aromatic carbocycles. The van der Waals surface area contributed by atoms with Crippen LogP contribution in [0.5, 0.6) is 0 Å². The standard InChI is InChI=1S/C31H44N6O10/c1-19(2)28(36-24(39)8-4-3-5-9-27(42)47-37-25(40)14-15-26(37)41)23(38)17-21(7-6-16-34-30(32)44)29(43)35-22-12-10-20(11-13-22)18-46-31(33)45/h10-13,19,21,28H,3-9,14-18H2,1-2H3,(H2,33,45)(H,35,43)(H,36,39)(H3,32,34,44)/t21-,28+/m1/s1. The molecule has 0 unspecified atom stereocenters. The highest BCUT2D eigenvalue weighted by atomic mass is 16.7. The van der Waals surface area contributed by atoms with Crippen molar-refractivity contribution in [1.29, 1.82) is 0 Å². The number of primary amides is 2. The Labute approximate surface area is 272 Å². The highest BCUT2D eigenvalue weighted by molar-refractivity contribution is 6.01. The number of nitrogens with zero attached hydrogens (tertiary/aromatic N) is 1. The van der Waals surface area contributed by atoms with Gasteiger partial charge in [-0.1, -0.05) is 32.4 Å². The van der Waals surface area contributed by atoms with Gasteiger partial charge >= 0.3 is 18.1 Å². The highest BCUT2D eigenvalue weighted by Gasteiger charge is 2.33. The lowest BCUT2D eigenvalue weighted by atomic mass is 9.89. The number of carbonyl (C=O) groups is 8. The Kier molecular flexibility index (Phi) is 15.8. The van der Waals surface area contributed by atoms with Crippen molar-refractivity contribution < 1.29 is 47.9 Å². The molecule has 2 atom stereocenters. The summed E-state index contributed by atoms with van der Waals surface area (Å²) >= 11 is 0. The van der Waals surface area contributed by atoms with Crippen LogP contribution in [0, 0.1) is 11.8 Å².